The number of piperazine rings is 1. The third kappa shape index (κ3) is 4.44. The third-order valence-electron chi connectivity index (χ3n) is 5.93. The van der Waals surface area contributed by atoms with Gasteiger partial charge in [0.1, 0.15) is 5.69 Å². The van der Waals surface area contributed by atoms with Crippen LogP contribution in [0.15, 0.2) is 41.5 Å². The Bertz CT molecular complexity index is 1140. The number of carbonyl (C=O) groups is 1. The quantitative estimate of drug-likeness (QED) is 0.655. The minimum absolute atomic E-state index is 0.0352. The molecule has 4 rings (SSSR count). The van der Waals surface area contributed by atoms with Gasteiger partial charge < -0.3 is 15.2 Å². The molecule has 8 nitrogen and oxygen atoms in total. The Hall–Kier alpha value is -3.26. The molecular formula is C23H28N6O2. The van der Waals surface area contributed by atoms with Crippen LogP contribution in [-0.4, -0.2) is 58.5 Å². The highest BCUT2D eigenvalue weighted by atomic mass is 16.1. The molecule has 0 aliphatic carbocycles. The van der Waals surface area contributed by atoms with Gasteiger partial charge in [-0.25, -0.2) is 4.98 Å². The van der Waals surface area contributed by atoms with E-state index in [1.54, 1.807) is 19.3 Å². The average molecular weight is 421 g/mol. The highest BCUT2D eigenvalue weighted by Crippen LogP contribution is 2.21. The molecule has 31 heavy (non-hydrogen) atoms. The predicted octanol–water partition coefficient (Wildman–Crippen LogP) is 1.95. The molecule has 0 saturated carbocycles. The lowest BCUT2D eigenvalue weighted by Gasteiger charge is -2.41. The number of hydrogen-bond acceptors (Lipinski definition) is 6. The van der Waals surface area contributed by atoms with E-state index in [0.717, 1.165) is 54.0 Å². The van der Waals surface area contributed by atoms with Crippen LogP contribution in [0.3, 0.4) is 0 Å². The molecule has 4 heterocycles. The number of aromatic nitrogens is 3. The fourth-order valence-corrected chi connectivity index (χ4v) is 4.05. The third-order valence-corrected chi connectivity index (χ3v) is 5.93. The molecule has 1 saturated heterocycles. The Balaban J connectivity index is 1.43. The van der Waals surface area contributed by atoms with Crippen molar-refractivity contribution in [3.8, 4) is 0 Å². The van der Waals surface area contributed by atoms with Gasteiger partial charge in [0.15, 0.2) is 0 Å². The Morgan fingerprint density at radius 3 is 2.74 bits per heavy atom. The van der Waals surface area contributed by atoms with Crippen LogP contribution in [0.4, 0.5) is 5.69 Å². The summed E-state index contributed by atoms with van der Waals surface area (Å²) in [6, 6.07) is 7.96. The van der Waals surface area contributed by atoms with Gasteiger partial charge in [-0.3, -0.25) is 19.5 Å². The van der Waals surface area contributed by atoms with Crippen molar-refractivity contribution in [3.05, 3.63) is 63.8 Å². The van der Waals surface area contributed by atoms with Crippen LogP contribution in [0.5, 0.6) is 0 Å². The van der Waals surface area contributed by atoms with Gasteiger partial charge in [-0.15, -0.1) is 0 Å². The molecule has 0 aromatic carbocycles. The van der Waals surface area contributed by atoms with Crippen LogP contribution in [0.2, 0.25) is 0 Å². The average Bonchev–Trinajstić information content (AvgIpc) is 2.79. The van der Waals surface area contributed by atoms with Crippen LogP contribution in [0, 0.1) is 0 Å². The number of nitrogens with one attached hydrogen (secondary N) is 2. The van der Waals surface area contributed by atoms with Crippen LogP contribution in [0.1, 0.15) is 35.5 Å². The summed E-state index contributed by atoms with van der Waals surface area (Å²) in [5.41, 5.74) is 4.87. The highest BCUT2D eigenvalue weighted by molar-refractivity contribution is 5.92. The summed E-state index contributed by atoms with van der Waals surface area (Å²) in [5.74, 6) is -0.180. The zero-order chi connectivity index (χ0) is 22.0. The Morgan fingerprint density at radius 1 is 1.23 bits per heavy atom. The minimum atomic E-state index is -0.180. The molecule has 162 valence electrons. The number of aromatic amines is 1. The van der Waals surface area contributed by atoms with E-state index in [2.05, 4.69) is 37.0 Å². The van der Waals surface area contributed by atoms with Crippen LogP contribution in [-0.2, 0) is 13.0 Å². The highest BCUT2D eigenvalue weighted by Gasteiger charge is 2.24. The van der Waals surface area contributed by atoms with Gasteiger partial charge in [-0.2, -0.15) is 0 Å². The lowest BCUT2D eigenvalue weighted by atomic mass is 10.1. The first-order valence-corrected chi connectivity index (χ1v) is 10.7. The van der Waals surface area contributed by atoms with Gasteiger partial charge in [-0.1, -0.05) is 6.92 Å². The summed E-state index contributed by atoms with van der Waals surface area (Å²) in [4.78, 5) is 40.3. The van der Waals surface area contributed by atoms with E-state index in [4.69, 9.17) is 0 Å². The van der Waals surface area contributed by atoms with E-state index in [1.165, 1.54) is 0 Å². The molecule has 2 N–H and O–H groups in total. The SMILES string of the molecule is CCc1cc2ncc(CN3CCN(c4ccc(C(=O)NC)nc4)C[C@@H]3C)cc2[nH]c1=O. The first-order chi connectivity index (χ1) is 15.0. The van der Waals surface area contributed by atoms with Crippen molar-refractivity contribution in [1.29, 1.82) is 0 Å². The second kappa shape index (κ2) is 8.85. The number of H-pyrrole nitrogens is 1. The fraction of sp³-hybridized carbons (Fsp3) is 0.391. The molecule has 0 radical (unpaired) electrons. The molecule has 1 amide bonds. The van der Waals surface area contributed by atoms with E-state index in [0.29, 0.717) is 18.2 Å². The normalized spacial score (nSPS) is 17.1. The number of anilines is 1. The molecule has 3 aromatic rings. The topological polar surface area (TPSA) is 94.2 Å². The van der Waals surface area contributed by atoms with Gasteiger partial charge in [0.25, 0.3) is 11.5 Å². The number of fused-ring (bicyclic) bond motifs is 1. The molecular weight excluding hydrogens is 392 g/mol. The minimum Gasteiger partial charge on any atom is -0.367 e. The van der Waals surface area contributed by atoms with E-state index in [1.807, 2.05) is 31.3 Å². The largest absolute Gasteiger partial charge is 0.367 e. The van der Waals surface area contributed by atoms with Crippen LogP contribution >= 0.6 is 0 Å². The second-order valence-electron chi connectivity index (χ2n) is 8.00. The Labute approximate surface area is 181 Å². The van der Waals surface area contributed by atoms with Crippen molar-refractivity contribution in [2.24, 2.45) is 0 Å². The van der Waals surface area contributed by atoms with Gasteiger partial charge in [0, 0.05) is 51.0 Å². The summed E-state index contributed by atoms with van der Waals surface area (Å²) >= 11 is 0. The maximum Gasteiger partial charge on any atom is 0.269 e. The van der Waals surface area contributed by atoms with Crippen molar-refractivity contribution in [2.75, 3.05) is 31.6 Å². The molecule has 0 unspecified atom stereocenters. The first-order valence-electron chi connectivity index (χ1n) is 10.7. The lowest BCUT2D eigenvalue weighted by molar-refractivity contribution is 0.0958. The summed E-state index contributed by atoms with van der Waals surface area (Å²) in [7, 11) is 1.60. The number of amides is 1. The molecule has 1 fully saturated rings. The van der Waals surface area contributed by atoms with Crippen molar-refractivity contribution in [3.63, 3.8) is 0 Å². The second-order valence-corrected chi connectivity index (χ2v) is 8.00. The molecule has 8 heteroatoms. The number of carbonyl (C=O) groups excluding carboxylic acids is 1. The zero-order valence-corrected chi connectivity index (χ0v) is 18.2. The van der Waals surface area contributed by atoms with E-state index < -0.39 is 0 Å². The lowest BCUT2D eigenvalue weighted by Crippen LogP contribution is -2.51. The number of pyridine rings is 3. The molecule has 1 aliphatic heterocycles. The summed E-state index contributed by atoms with van der Waals surface area (Å²) in [6.45, 7) is 7.62. The van der Waals surface area contributed by atoms with Crippen molar-refractivity contribution < 1.29 is 4.79 Å². The number of aryl methyl sites for hydroxylation is 1. The van der Waals surface area contributed by atoms with E-state index >= 15 is 0 Å². The predicted molar refractivity (Wildman–Crippen MR) is 121 cm³/mol. The maximum atomic E-state index is 12.1. The molecule has 1 atom stereocenters. The van der Waals surface area contributed by atoms with Gasteiger partial charge >= 0.3 is 0 Å². The Kier molecular flexibility index (Phi) is 5.99. The van der Waals surface area contributed by atoms with Gasteiger partial charge in [0.05, 0.1) is 22.9 Å². The molecule has 1 aliphatic rings. The van der Waals surface area contributed by atoms with E-state index in [9.17, 15) is 9.59 Å². The van der Waals surface area contributed by atoms with Crippen molar-refractivity contribution in [2.45, 2.75) is 32.9 Å². The number of nitrogens with zero attached hydrogens (tertiary/aromatic N) is 4. The summed E-state index contributed by atoms with van der Waals surface area (Å²) in [5, 5.41) is 2.59. The smallest absolute Gasteiger partial charge is 0.269 e. The maximum absolute atomic E-state index is 12.1. The van der Waals surface area contributed by atoms with Crippen LogP contribution in [0.25, 0.3) is 11.0 Å². The Morgan fingerprint density at radius 2 is 2.06 bits per heavy atom. The van der Waals surface area contributed by atoms with Crippen LogP contribution < -0.4 is 15.8 Å². The van der Waals surface area contributed by atoms with Gasteiger partial charge in [0.2, 0.25) is 0 Å². The first kappa shape index (κ1) is 21.0. The standard InChI is InChI=1S/C23H28N6O2/c1-4-17-10-20-21(27-22(17)30)9-16(11-25-20)14-28-7-8-29(13-15(28)2)18-5-6-19(26-12-18)23(31)24-3/h5-6,9-12,15H,4,7-8,13-14H2,1-3H3,(H,24,31)(H,27,30)/t15-/m0/s1. The van der Waals surface area contributed by atoms with Crippen molar-refractivity contribution >= 4 is 22.6 Å². The van der Waals surface area contributed by atoms with Gasteiger partial charge in [-0.05, 0) is 43.2 Å². The molecule has 3 aromatic heterocycles. The summed E-state index contributed by atoms with van der Waals surface area (Å²) < 4.78 is 0. The molecule has 0 spiro atoms. The van der Waals surface area contributed by atoms with E-state index in [-0.39, 0.29) is 11.5 Å². The zero-order valence-electron chi connectivity index (χ0n) is 18.2. The molecule has 0 bridgehead atoms. The monoisotopic (exact) mass is 420 g/mol. The number of hydrogen-bond donors (Lipinski definition) is 2. The number of rotatable bonds is 5. The van der Waals surface area contributed by atoms with Crippen molar-refractivity contribution in [1.82, 2.24) is 25.2 Å². The fourth-order valence-electron chi connectivity index (χ4n) is 4.05. The summed E-state index contributed by atoms with van der Waals surface area (Å²) in [6.07, 6.45) is 4.36.